The molecule has 2 rings (SSSR count). The number of aromatic hydroxyl groups is 1. The fourth-order valence-electron chi connectivity index (χ4n) is 1.64. The van der Waals surface area contributed by atoms with Gasteiger partial charge in [-0.1, -0.05) is 22.0 Å². The lowest BCUT2D eigenvalue weighted by Gasteiger charge is -2.10. The van der Waals surface area contributed by atoms with E-state index in [2.05, 4.69) is 21.2 Å². The summed E-state index contributed by atoms with van der Waals surface area (Å²) >= 11 is 3.25. The number of carboxylic acids is 1. The predicted octanol–water partition coefficient (Wildman–Crippen LogP) is 3.11. The molecule has 0 radical (unpaired) electrons. The Balaban J connectivity index is 2.32. The Morgan fingerprint density at radius 2 is 1.70 bits per heavy atom. The molecule has 0 bridgehead atoms. The van der Waals surface area contributed by atoms with Crippen molar-refractivity contribution in [1.82, 2.24) is 0 Å². The molecule has 1 amide bonds. The molecule has 0 unspecified atom stereocenters. The summed E-state index contributed by atoms with van der Waals surface area (Å²) in [6.07, 6.45) is 0. The number of carboxylic acid groups (broad SMARTS) is 1. The summed E-state index contributed by atoms with van der Waals surface area (Å²) < 4.78 is 0.822. The summed E-state index contributed by atoms with van der Waals surface area (Å²) in [5.41, 5.74) is 0.0659. The third-order valence-corrected chi connectivity index (χ3v) is 3.15. The molecule has 6 heteroatoms. The first-order valence-corrected chi connectivity index (χ1v) is 6.40. The van der Waals surface area contributed by atoms with Crippen LogP contribution in [0, 0.1) is 0 Å². The summed E-state index contributed by atoms with van der Waals surface area (Å²) in [7, 11) is 0. The van der Waals surface area contributed by atoms with Crippen molar-refractivity contribution in [1.29, 1.82) is 0 Å². The van der Waals surface area contributed by atoms with Crippen molar-refractivity contribution in [3.05, 3.63) is 58.1 Å². The molecular weight excluding hydrogens is 326 g/mol. The monoisotopic (exact) mass is 335 g/mol. The number of benzene rings is 2. The van der Waals surface area contributed by atoms with E-state index in [1.807, 2.05) is 0 Å². The van der Waals surface area contributed by atoms with Crippen molar-refractivity contribution in [2.24, 2.45) is 0 Å². The lowest BCUT2D eigenvalue weighted by atomic mass is 10.1. The van der Waals surface area contributed by atoms with Crippen LogP contribution in [0.4, 0.5) is 5.69 Å². The van der Waals surface area contributed by atoms with Gasteiger partial charge < -0.3 is 15.5 Å². The molecule has 2 aromatic carbocycles. The number of aromatic carboxylic acids is 1. The van der Waals surface area contributed by atoms with E-state index < -0.39 is 11.9 Å². The SMILES string of the molecule is O=C(Nc1c(O)cccc1C(=O)O)c1ccc(Br)cc1. The second-order valence-corrected chi connectivity index (χ2v) is 4.88. The molecule has 2 aromatic rings. The molecule has 20 heavy (non-hydrogen) atoms. The van der Waals surface area contributed by atoms with Crippen molar-refractivity contribution in [3.63, 3.8) is 0 Å². The van der Waals surface area contributed by atoms with Gasteiger partial charge in [-0.2, -0.15) is 0 Å². The lowest BCUT2D eigenvalue weighted by Crippen LogP contribution is -2.14. The number of hydrogen-bond acceptors (Lipinski definition) is 3. The summed E-state index contributed by atoms with van der Waals surface area (Å²) in [5.74, 6) is -2.02. The summed E-state index contributed by atoms with van der Waals surface area (Å²) in [4.78, 5) is 23.1. The number of para-hydroxylation sites is 1. The molecule has 0 fully saturated rings. The zero-order valence-electron chi connectivity index (χ0n) is 10.1. The molecule has 0 saturated heterocycles. The van der Waals surface area contributed by atoms with Gasteiger partial charge in [0.2, 0.25) is 0 Å². The molecule has 0 heterocycles. The average Bonchev–Trinajstić information content (AvgIpc) is 2.41. The van der Waals surface area contributed by atoms with Gasteiger partial charge >= 0.3 is 5.97 Å². The van der Waals surface area contributed by atoms with E-state index in [0.29, 0.717) is 5.56 Å². The van der Waals surface area contributed by atoms with Gasteiger partial charge in [0.25, 0.3) is 5.91 Å². The van der Waals surface area contributed by atoms with Crippen LogP contribution in [0.1, 0.15) is 20.7 Å². The molecule has 0 aliphatic carbocycles. The standard InChI is InChI=1S/C14H10BrNO4/c15-9-6-4-8(5-7-9)13(18)16-12-10(14(19)20)2-1-3-11(12)17/h1-7,17H,(H,16,18)(H,19,20). The van der Waals surface area contributed by atoms with E-state index in [4.69, 9.17) is 5.11 Å². The van der Waals surface area contributed by atoms with Crippen molar-refractivity contribution in [3.8, 4) is 5.75 Å². The van der Waals surface area contributed by atoms with Gasteiger partial charge in [0.15, 0.2) is 0 Å². The molecule has 0 spiro atoms. The van der Waals surface area contributed by atoms with E-state index in [-0.39, 0.29) is 17.0 Å². The largest absolute Gasteiger partial charge is 0.506 e. The quantitative estimate of drug-likeness (QED) is 0.752. The smallest absolute Gasteiger partial charge is 0.337 e. The molecule has 0 aromatic heterocycles. The Morgan fingerprint density at radius 3 is 2.30 bits per heavy atom. The van der Waals surface area contributed by atoms with Gasteiger partial charge in [-0.3, -0.25) is 4.79 Å². The first-order valence-electron chi connectivity index (χ1n) is 5.61. The van der Waals surface area contributed by atoms with E-state index in [9.17, 15) is 14.7 Å². The number of hydrogen-bond donors (Lipinski definition) is 3. The van der Waals surface area contributed by atoms with Gasteiger partial charge in [-0.05, 0) is 36.4 Å². The van der Waals surface area contributed by atoms with Crippen LogP contribution in [0.15, 0.2) is 46.9 Å². The molecule has 3 N–H and O–H groups in total. The number of amides is 1. The van der Waals surface area contributed by atoms with Crippen molar-refractivity contribution in [2.45, 2.75) is 0 Å². The van der Waals surface area contributed by atoms with Gasteiger partial charge in [-0.25, -0.2) is 4.79 Å². The summed E-state index contributed by atoms with van der Waals surface area (Å²) in [6, 6.07) is 10.6. The minimum atomic E-state index is -1.23. The summed E-state index contributed by atoms with van der Waals surface area (Å²) in [5, 5.41) is 21.1. The van der Waals surface area contributed by atoms with Crippen LogP contribution >= 0.6 is 15.9 Å². The molecule has 5 nitrogen and oxygen atoms in total. The average molecular weight is 336 g/mol. The number of anilines is 1. The minimum absolute atomic E-state index is 0.118. The van der Waals surface area contributed by atoms with E-state index in [0.717, 1.165) is 4.47 Å². The second-order valence-electron chi connectivity index (χ2n) is 3.97. The fraction of sp³-hybridized carbons (Fsp3) is 0. The van der Waals surface area contributed by atoms with Crippen LogP contribution in [0.2, 0.25) is 0 Å². The minimum Gasteiger partial charge on any atom is -0.506 e. The van der Waals surface area contributed by atoms with Crippen LogP contribution in [0.5, 0.6) is 5.75 Å². The van der Waals surface area contributed by atoms with Gasteiger partial charge in [0, 0.05) is 10.0 Å². The number of carbonyl (C=O) groups excluding carboxylic acids is 1. The molecule has 0 aliphatic heterocycles. The highest BCUT2D eigenvalue weighted by Crippen LogP contribution is 2.27. The highest BCUT2D eigenvalue weighted by Gasteiger charge is 2.16. The molecule has 0 saturated carbocycles. The molecular formula is C14H10BrNO4. The zero-order chi connectivity index (χ0) is 14.7. The predicted molar refractivity (Wildman–Crippen MR) is 77.2 cm³/mol. The maximum absolute atomic E-state index is 12.0. The Kier molecular flexibility index (Phi) is 4.05. The number of phenols is 1. The maximum atomic E-state index is 12.0. The van der Waals surface area contributed by atoms with E-state index >= 15 is 0 Å². The highest BCUT2D eigenvalue weighted by atomic mass is 79.9. The number of halogens is 1. The Morgan fingerprint density at radius 1 is 1.05 bits per heavy atom. The normalized spacial score (nSPS) is 10.1. The Hall–Kier alpha value is -2.34. The maximum Gasteiger partial charge on any atom is 0.337 e. The third kappa shape index (κ3) is 2.97. The van der Waals surface area contributed by atoms with Crippen LogP contribution < -0.4 is 5.32 Å². The van der Waals surface area contributed by atoms with Gasteiger partial charge in [-0.15, -0.1) is 0 Å². The first-order chi connectivity index (χ1) is 9.49. The van der Waals surface area contributed by atoms with Crippen LogP contribution in [-0.2, 0) is 0 Å². The Labute approximate surface area is 123 Å². The summed E-state index contributed by atoms with van der Waals surface area (Å²) in [6.45, 7) is 0. The van der Waals surface area contributed by atoms with E-state index in [1.54, 1.807) is 24.3 Å². The highest BCUT2D eigenvalue weighted by molar-refractivity contribution is 9.10. The lowest BCUT2D eigenvalue weighted by molar-refractivity contribution is 0.0697. The third-order valence-electron chi connectivity index (χ3n) is 2.62. The van der Waals surface area contributed by atoms with Gasteiger partial charge in [0.1, 0.15) is 5.75 Å². The van der Waals surface area contributed by atoms with Crippen molar-refractivity contribution >= 4 is 33.5 Å². The zero-order valence-corrected chi connectivity index (χ0v) is 11.7. The Bertz CT molecular complexity index is 667. The van der Waals surface area contributed by atoms with Crippen molar-refractivity contribution < 1.29 is 19.8 Å². The fourth-order valence-corrected chi connectivity index (χ4v) is 1.90. The number of nitrogens with one attached hydrogen (secondary N) is 1. The topological polar surface area (TPSA) is 86.6 Å². The van der Waals surface area contributed by atoms with Crippen molar-refractivity contribution in [2.75, 3.05) is 5.32 Å². The molecule has 102 valence electrons. The number of phenolic OH excluding ortho intramolecular Hbond substituents is 1. The van der Waals surface area contributed by atoms with E-state index in [1.165, 1.54) is 18.2 Å². The van der Waals surface area contributed by atoms with Crippen LogP contribution in [0.3, 0.4) is 0 Å². The van der Waals surface area contributed by atoms with Crippen LogP contribution in [0.25, 0.3) is 0 Å². The molecule has 0 atom stereocenters. The van der Waals surface area contributed by atoms with Crippen LogP contribution in [-0.4, -0.2) is 22.1 Å². The number of carbonyl (C=O) groups is 2. The number of rotatable bonds is 3. The second kappa shape index (κ2) is 5.75. The first kappa shape index (κ1) is 14.1. The molecule has 0 aliphatic rings. The van der Waals surface area contributed by atoms with Gasteiger partial charge in [0.05, 0.1) is 11.3 Å².